The third-order valence-corrected chi connectivity index (χ3v) is 3.99. The molecule has 2 heterocycles. The summed E-state index contributed by atoms with van der Waals surface area (Å²) in [5.74, 6) is -0.0337. The topological polar surface area (TPSA) is 80.9 Å². The number of thiazole rings is 2. The van der Waals surface area contributed by atoms with Crippen molar-refractivity contribution in [2.45, 2.75) is 19.8 Å². The predicted molar refractivity (Wildman–Crippen MR) is 73.8 cm³/mol. The molecule has 0 atom stereocenters. The normalized spacial score (nSPS) is 10.5. The highest BCUT2D eigenvalue weighted by atomic mass is 32.1. The lowest BCUT2D eigenvalue weighted by molar-refractivity contribution is -0.120. The van der Waals surface area contributed by atoms with Gasteiger partial charge in [-0.05, 0) is 6.92 Å². The number of anilines is 1. The van der Waals surface area contributed by atoms with Crippen molar-refractivity contribution in [2.24, 2.45) is 0 Å². The average Bonchev–Trinajstić information content (AvgIpc) is 2.88. The molecule has 0 aromatic carbocycles. The zero-order valence-corrected chi connectivity index (χ0v) is 11.6. The van der Waals surface area contributed by atoms with Gasteiger partial charge in [0.25, 0.3) is 0 Å². The summed E-state index contributed by atoms with van der Waals surface area (Å²) in [4.78, 5) is 20.0. The summed E-state index contributed by atoms with van der Waals surface area (Å²) in [5.41, 5.74) is 7.25. The van der Waals surface area contributed by atoms with E-state index in [0.29, 0.717) is 11.7 Å². The van der Waals surface area contributed by atoms with Crippen LogP contribution in [-0.4, -0.2) is 22.4 Å². The summed E-state index contributed by atoms with van der Waals surface area (Å²) < 4.78 is 0. The molecular formula is C11H14N4OS2. The first-order valence-corrected chi connectivity index (χ1v) is 7.27. The van der Waals surface area contributed by atoms with Crippen molar-refractivity contribution in [3.8, 4) is 0 Å². The first-order chi connectivity index (χ1) is 8.63. The number of nitrogens with two attached hydrogens (primary N) is 1. The molecule has 5 nitrogen and oxygen atoms in total. The van der Waals surface area contributed by atoms with E-state index in [-0.39, 0.29) is 12.3 Å². The number of nitrogens with zero attached hydrogens (tertiary/aromatic N) is 2. The molecule has 0 bridgehead atoms. The first kappa shape index (κ1) is 13.0. The summed E-state index contributed by atoms with van der Waals surface area (Å²) in [5, 5.41) is 8.21. The van der Waals surface area contributed by atoms with Gasteiger partial charge in [-0.25, -0.2) is 9.97 Å². The smallest absolute Gasteiger partial charge is 0.226 e. The fraction of sp³-hybridized carbons (Fsp3) is 0.364. The summed E-state index contributed by atoms with van der Waals surface area (Å²) in [6.07, 6.45) is 1.05. The van der Waals surface area contributed by atoms with Crippen LogP contribution >= 0.6 is 22.7 Å². The van der Waals surface area contributed by atoms with Crippen LogP contribution < -0.4 is 11.1 Å². The van der Waals surface area contributed by atoms with Crippen molar-refractivity contribution in [1.29, 1.82) is 0 Å². The van der Waals surface area contributed by atoms with E-state index in [4.69, 9.17) is 5.73 Å². The zero-order valence-electron chi connectivity index (χ0n) is 9.97. The highest BCUT2D eigenvalue weighted by Crippen LogP contribution is 2.11. The number of carbonyl (C=O) groups excluding carboxylic acids is 1. The molecule has 0 spiro atoms. The lowest BCUT2D eigenvalue weighted by Gasteiger charge is -2.01. The van der Waals surface area contributed by atoms with E-state index in [9.17, 15) is 4.79 Å². The minimum Gasteiger partial charge on any atom is -0.375 e. The lowest BCUT2D eigenvalue weighted by Crippen LogP contribution is -2.27. The maximum Gasteiger partial charge on any atom is 0.226 e. The Balaban J connectivity index is 1.72. The summed E-state index contributed by atoms with van der Waals surface area (Å²) in [6.45, 7) is 2.57. The number of aromatic nitrogens is 2. The quantitative estimate of drug-likeness (QED) is 0.868. The maximum absolute atomic E-state index is 11.6. The molecule has 0 saturated carbocycles. The summed E-state index contributed by atoms with van der Waals surface area (Å²) in [6, 6.07) is 0. The Bertz CT molecular complexity index is 535. The molecule has 7 heteroatoms. The van der Waals surface area contributed by atoms with E-state index in [2.05, 4.69) is 15.3 Å². The largest absolute Gasteiger partial charge is 0.375 e. The Hall–Kier alpha value is -1.47. The minimum atomic E-state index is -0.0337. The van der Waals surface area contributed by atoms with Gasteiger partial charge in [-0.3, -0.25) is 4.79 Å². The Morgan fingerprint density at radius 2 is 2.22 bits per heavy atom. The molecule has 0 saturated heterocycles. The second-order valence-electron chi connectivity index (χ2n) is 3.84. The van der Waals surface area contributed by atoms with Crippen molar-refractivity contribution in [2.75, 3.05) is 12.3 Å². The van der Waals surface area contributed by atoms with Crippen LogP contribution in [0, 0.1) is 6.92 Å². The van der Waals surface area contributed by atoms with E-state index < -0.39 is 0 Å². The number of nitrogens with one attached hydrogen (secondary N) is 1. The number of nitrogen functional groups attached to an aromatic ring is 1. The lowest BCUT2D eigenvalue weighted by atomic mass is 10.3. The van der Waals surface area contributed by atoms with E-state index >= 15 is 0 Å². The number of hydrogen-bond acceptors (Lipinski definition) is 6. The second kappa shape index (κ2) is 5.92. The van der Waals surface area contributed by atoms with Crippen molar-refractivity contribution < 1.29 is 4.79 Å². The minimum absolute atomic E-state index is 0.0337. The van der Waals surface area contributed by atoms with E-state index in [0.717, 1.165) is 22.8 Å². The summed E-state index contributed by atoms with van der Waals surface area (Å²) in [7, 11) is 0. The molecule has 0 radical (unpaired) electrons. The standard InChI is InChI=1S/C11H14N4OS2/c1-7-5-17-10(14-7)2-3-13-9(16)4-8-6-18-11(12)15-8/h5-6H,2-4H2,1H3,(H2,12,15)(H,13,16). The Morgan fingerprint density at radius 3 is 2.83 bits per heavy atom. The molecule has 2 rings (SSSR count). The number of hydrogen-bond donors (Lipinski definition) is 2. The van der Waals surface area contributed by atoms with E-state index in [1.807, 2.05) is 12.3 Å². The van der Waals surface area contributed by atoms with Gasteiger partial charge in [-0.1, -0.05) is 0 Å². The fourth-order valence-corrected chi connectivity index (χ4v) is 2.80. The van der Waals surface area contributed by atoms with Crippen LogP contribution in [-0.2, 0) is 17.6 Å². The SMILES string of the molecule is Cc1csc(CCNC(=O)Cc2csc(N)n2)n1. The van der Waals surface area contributed by atoms with Crippen LogP contribution in [0.5, 0.6) is 0 Å². The molecule has 1 amide bonds. The van der Waals surface area contributed by atoms with Gasteiger partial charge in [0.15, 0.2) is 5.13 Å². The third kappa shape index (κ3) is 3.78. The van der Waals surface area contributed by atoms with Crippen molar-refractivity contribution in [1.82, 2.24) is 15.3 Å². The van der Waals surface area contributed by atoms with Gasteiger partial charge in [-0.2, -0.15) is 0 Å². The van der Waals surface area contributed by atoms with Crippen LogP contribution in [0.1, 0.15) is 16.4 Å². The Labute approximate surface area is 113 Å². The van der Waals surface area contributed by atoms with Crippen LogP contribution in [0.4, 0.5) is 5.13 Å². The van der Waals surface area contributed by atoms with Gasteiger partial charge >= 0.3 is 0 Å². The highest BCUT2D eigenvalue weighted by molar-refractivity contribution is 7.13. The first-order valence-electron chi connectivity index (χ1n) is 5.51. The maximum atomic E-state index is 11.6. The predicted octanol–water partition coefficient (Wildman–Crippen LogP) is 1.39. The molecule has 0 aliphatic carbocycles. The van der Waals surface area contributed by atoms with Gasteiger partial charge < -0.3 is 11.1 Å². The Morgan fingerprint density at radius 1 is 1.39 bits per heavy atom. The molecule has 18 heavy (non-hydrogen) atoms. The second-order valence-corrected chi connectivity index (χ2v) is 5.67. The van der Waals surface area contributed by atoms with Crippen LogP contribution in [0.2, 0.25) is 0 Å². The summed E-state index contributed by atoms with van der Waals surface area (Å²) >= 11 is 2.97. The van der Waals surface area contributed by atoms with Crippen LogP contribution in [0.15, 0.2) is 10.8 Å². The van der Waals surface area contributed by atoms with Crippen LogP contribution in [0.3, 0.4) is 0 Å². The zero-order chi connectivity index (χ0) is 13.0. The molecule has 3 N–H and O–H groups in total. The van der Waals surface area contributed by atoms with Gasteiger partial charge in [-0.15, -0.1) is 22.7 Å². The van der Waals surface area contributed by atoms with Gasteiger partial charge in [0.05, 0.1) is 17.1 Å². The molecule has 96 valence electrons. The van der Waals surface area contributed by atoms with E-state index in [1.165, 1.54) is 11.3 Å². The highest BCUT2D eigenvalue weighted by Gasteiger charge is 2.06. The molecule has 0 aliphatic heterocycles. The number of aryl methyl sites for hydroxylation is 1. The van der Waals surface area contributed by atoms with Gasteiger partial charge in [0, 0.05) is 29.4 Å². The molecule has 0 unspecified atom stereocenters. The number of rotatable bonds is 5. The van der Waals surface area contributed by atoms with E-state index in [1.54, 1.807) is 16.7 Å². The van der Waals surface area contributed by atoms with Crippen molar-refractivity contribution >= 4 is 33.7 Å². The Kier molecular flexibility index (Phi) is 4.27. The third-order valence-electron chi connectivity index (χ3n) is 2.24. The molecule has 0 fully saturated rings. The molecule has 2 aromatic heterocycles. The van der Waals surface area contributed by atoms with Crippen molar-refractivity contribution in [3.63, 3.8) is 0 Å². The fourth-order valence-electron chi connectivity index (χ4n) is 1.46. The monoisotopic (exact) mass is 282 g/mol. The van der Waals surface area contributed by atoms with Crippen molar-refractivity contribution in [3.05, 3.63) is 27.2 Å². The molecule has 2 aromatic rings. The van der Waals surface area contributed by atoms with Crippen LogP contribution in [0.25, 0.3) is 0 Å². The van der Waals surface area contributed by atoms with Gasteiger partial charge in [0.1, 0.15) is 0 Å². The number of amides is 1. The number of carbonyl (C=O) groups is 1. The van der Waals surface area contributed by atoms with Gasteiger partial charge in [0.2, 0.25) is 5.91 Å². The average molecular weight is 282 g/mol. The molecule has 0 aliphatic rings. The molecular weight excluding hydrogens is 268 g/mol.